The van der Waals surface area contributed by atoms with Gasteiger partial charge in [0.15, 0.2) is 0 Å². The fourth-order valence-electron chi connectivity index (χ4n) is 4.67. The maximum Gasteiger partial charge on any atom is 0.380 e. The van der Waals surface area contributed by atoms with E-state index >= 15 is 17.6 Å². The van der Waals surface area contributed by atoms with Gasteiger partial charge in [0.2, 0.25) is 0 Å². The largest absolute Gasteiger partial charge is 0.380 e. The lowest BCUT2D eigenvalue weighted by molar-refractivity contribution is -0.254. The molecule has 0 amide bonds. The third-order valence-electron chi connectivity index (χ3n) is 6.58. The van der Waals surface area contributed by atoms with E-state index in [0.717, 1.165) is 11.3 Å². The van der Waals surface area contributed by atoms with Crippen LogP contribution in [-0.4, -0.2) is 36.4 Å². The molecule has 34 heavy (non-hydrogen) atoms. The number of nitrogens with zero attached hydrogens (tertiary/aromatic N) is 3. The number of benzene rings is 1. The molecule has 0 bridgehead atoms. The second-order valence-electron chi connectivity index (χ2n) is 8.69. The summed E-state index contributed by atoms with van der Waals surface area (Å²) in [6.45, 7) is 4.12. The van der Waals surface area contributed by atoms with Crippen LogP contribution in [0.25, 0.3) is 22.0 Å². The van der Waals surface area contributed by atoms with E-state index in [-0.39, 0.29) is 32.0 Å². The molecule has 0 atom stereocenters. The Bertz CT molecular complexity index is 1420. The molecule has 0 saturated carbocycles. The Balaban J connectivity index is 2.26. The second kappa shape index (κ2) is 7.28. The third kappa shape index (κ3) is 2.82. The normalized spacial score (nSPS) is 18.6. The molecule has 1 aromatic carbocycles. The molecular formula is C24H21F6N3S. The zero-order valence-electron chi connectivity index (χ0n) is 19.2. The van der Waals surface area contributed by atoms with Gasteiger partial charge in [-0.05, 0) is 44.5 Å². The van der Waals surface area contributed by atoms with E-state index in [1.165, 1.54) is 31.4 Å². The molecule has 2 heterocycles. The summed E-state index contributed by atoms with van der Waals surface area (Å²) in [5.41, 5.74) is -2.40. The summed E-state index contributed by atoms with van der Waals surface area (Å²) in [6.07, 6.45) is 0. The second-order valence-corrected chi connectivity index (χ2v) is 9.91. The summed E-state index contributed by atoms with van der Waals surface area (Å²) in [7, 11) is 5.00. The van der Waals surface area contributed by atoms with Crippen LogP contribution in [0, 0.1) is 32.1 Å². The standard InChI is InChI=1S/C24H21F6N3S/c1-11-17(10-31)34-13(3)18(11)20-21(23(27,28)24(29,30)22(20,25)26)19-12(2)33(6)16-8-7-14(32(4)5)9-15(16)19/h7-9H,1-6H3. The molecule has 0 spiro atoms. The van der Waals surface area contributed by atoms with Crippen LogP contribution in [0.2, 0.25) is 0 Å². The molecule has 0 radical (unpaired) electrons. The summed E-state index contributed by atoms with van der Waals surface area (Å²) < 4.78 is 92.8. The first kappa shape index (κ1) is 24.2. The maximum atomic E-state index is 15.5. The summed E-state index contributed by atoms with van der Waals surface area (Å²) in [6, 6.07) is 6.73. The zero-order valence-corrected chi connectivity index (χ0v) is 20.1. The Morgan fingerprint density at radius 1 is 0.941 bits per heavy atom. The highest BCUT2D eigenvalue weighted by Gasteiger charge is 2.80. The summed E-state index contributed by atoms with van der Waals surface area (Å²) in [4.78, 5) is 1.81. The number of hydrogen-bond acceptors (Lipinski definition) is 3. The minimum absolute atomic E-state index is 0.0122. The fraction of sp³-hybridized carbons (Fsp3) is 0.375. The summed E-state index contributed by atoms with van der Waals surface area (Å²) >= 11 is 0.815. The number of nitriles is 1. The molecule has 3 aromatic rings. The molecule has 2 aromatic heterocycles. The first-order valence-corrected chi connectivity index (χ1v) is 11.1. The molecule has 0 aliphatic heterocycles. The van der Waals surface area contributed by atoms with E-state index in [4.69, 9.17) is 0 Å². The van der Waals surface area contributed by atoms with Crippen molar-refractivity contribution in [1.82, 2.24) is 4.57 Å². The van der Waals surface area contributed by atoms with Crippen molar-refractivity contribution in [3.05, 3.63) is 50.3 Å². The number of alkyl halides is 6. The van der Waals surface area contributed by atoms with Gasteiger partial charge in [-0.1, -0.05) is 0 Å². The van der Waals surface area contributed by atoms with Crippen molar-refractivity contribution in [2.45, 2.75) is 38.5 Å². The van der Waals surface area contributed by atoms with Crippen LogP contribution in [0.4, 0.5) is 32.0 Å². The molecule has 10 heteroatoms. The Morgan fingerprint density at radius 3 is 2.00 bits per heavy atom. The van der Waals surface area contributed by atoms with Gasteiger partial charge in [0.1, 0.15) is 10.9 Å². The molecule has 0 saturated heterocycles. The minimum Gasteiger partial charge on any atom is -0.378 e. The molecule has 1 aliphatic rings. The number of fused-ring (bicyclic) bond motifs is 1. The van der Waals surface area contributed by atoms with Crippen LogP contribution >= 0.6 is 11.3 Å². The van der Waals surface area contributed by atoms with E-state index < -0.39 is 34.5 Å². The molecule has 4 rings (SSSR count). The fourth-order valence-corrected chi connectivity index (χ4v) is 5.64. The molecule has 3 nitrogen and oxygen atoms in total. The predicted octanol–water partition coefficient (Wildman–Crippen LogP) is 6.93. The van der Waals surface area contributed by atoms with Crippen molar-refractivity contribution in [3.63, 3.8) is 0 Å². The Hall–Kier alpha value is -2.93. The van der Waals surface area contributed by atoms with Gasteiger partial charge in [0.25, 0.3) is 0 Å². The Kier molecular flexibility index (Phi) is 5.18. The molecular weight excluding hydrogens is 476 g/mol. The summed E-state index contributed by atoms with van der Waals surface area (Å²) in [5, 5.41) is 9.51. The van der Waals surface area contributed by atoms with Crippen LogP contribution < -0.4 is 4.90 Å². The van der Waals surface area contributed by atoms with E-state index in [0.29, 0.717) is 11.2 Å². The molecule has 0 fully saturated rings. The number of anilines is 1. The van der Waals surface area contributed by atoms with Gasteiger partial charge < -0.3 is 9.47 Å². The molecule has 0 unspecified atom stereocenters. The van der Waals surface area contributed by atoms with E-state index in [1.807, 2.05) is 6.07 Å². The number of aromatic nitrogens is 1. The van der Waals surface area contributed by atoms with Crippen molar-refractivity contribution in [2.24, 2.45) is 7.05 Å². The van der Waals surface area contributed by atoms with Gasteiger partial charge in [0.05, 0.1) is 0 Å². The third-order valence-corrected chi connectivity index (χ3v) is 7.70. The average Bonchev–Trinajstić information content (AvgIpc) is 3.20. The number of thiophene rings is 1. The van der Waals surface area contributed by atoms with Gasteiger partial charge in [-0.25, -0.2) is 0 Å². The van der Waals surface area contributed by atoms with Gasteiger partial charge in [0, 0.05) is 70.6 Å². The lowest BCUT2D eigenvalue weighted by Crippen LogP contribution is -2.49. The van der Waals surface area contributed by atoms with Gasteiger partial charge in [-0.2, -0.15) is 31.6 Å². The number of aryl methyl sites for hydroxylation is 2. The first-order chi connectivity index (χ1) is 15.6. The number of hydrogen-bond donors (Lipinski definition) is 0. The van der Waals surface area contributed by atoms with E-state index in [1.54, 1.807) is 38.2 Å². The van der Waals surface area contributed by atoms with Crippen molar-refractivity contribution < 1.29 is 26.3 Å². The van der Waals surface area contributed by atoms with Crippen LogP contribution in [0.3, 0.4) is 0 Å². The molecule has 180 valence electrons. The van der Waals surface area contributed by atoms with Gasteiger partial charge in [-0.15, -0.1) is 11.3 Å². The van der Waals surface area contributed by atoms with Gasteiger partial charge >= 0.3 is 17.8 Å². The van der Waals surface area contributed by atoms with Crippen molar-refractivity contribution >= 4 is 39.1 Å². The van der Waals surface area contributed by atoms with Crippen molar-refractivity contribution in [3.8, 4) is 6.07 Å². The van der Waals surface area contributed by atoms with Crippen LogP contribution in [-0.2, 0) is 7.05 Å². The highest BCUT2D eigenvalue weighted by Crippen LogP contribution is 2.66. The molecule has 0 N–H and O–H groups in total. The number of allylic oxidation sites excluding steroid dienone is 2. The monoisotopic (exact) mass is 497 g/mol. The van der Waals surface area contributed by atoms with Crippen molar-refractivity contribution in [1.29, 1.82) is 5.26 Å². The topological polar surface area (TPSA) is 32.0 Å². The smallest absolute Gasteiger partial charge is 0.378 e. The van der Waals surface area contributed by atoms with Gasteiger partial charge in [-0.3, -0.25) is 0 Å². The highest BCUT2D eigenvalue weighted by molar-refractivity contribution is 7.13. The van der Waals surface area contributed by atoms with Crippen molar-refractivity contribution in [2.75, 3.05) is 19.0 Å². The highest BCUT2D eigenvalue weighted by atomic mass is 32.1. The molecule has 1 aliphatic carbocycles. The van der Waals surface area contributed by atoms with Crippen LogP contribution in [0.15, 0.2) is 18.2 Å². The average molecular weight is 498 g/mol. The number of rotatable bonds is 3. The Morgan fingerprint density at radius 2 is 1.50 bits per heavy atom. The Labute approximate surface area is 196 Å². The predicted molar refractivity (Wildman–Crippen MR) is 122 cm³/mol. The van der Waals surface area contributed by atoms with Crippen LogP contribution in [0.1, 0.15) is 32.1 Å². The minimum atomic E-state index is -5.66. The maximum absolute atomic E-state index is 15.5. The lowest BCUT2D eigenvalue weighted by Gasteiger charge is -2.26. The van der Waals surface area contributed by atoms with Crippen LogP contribution in [0.5, 0.6) is 0 Å². The lowest BCUT2D eigenvalue weighted by atomic mass is 9.91. The first-order valence-electron chi connectivity index (χ1n) is 10.3. The number of halogens is 6. The SMILES string of the molecule is Cc1sc(C#N)c(C)c1C1=C(c2c(C)n(C)c3ccc(N(C)C)cc23)C(F)(F)C(F)(F)C1(F)F. The van der Waals surface area contributed by atoms with E-state index in [9.17, 15) is 14.0 Å². The summed E-state index contributed by atoms with van der Waals surface area (Å²) in [5.74, 6) is -16.0. The quantitative estimate of drug-likeness (QED) is 0.368. The zero-order chi connectivity index (χ0) is 25.5. The van der Waals surface area contributed by atoms with E-state index in [2.05, 4.69) is 0 Å².